The standard InChI is InChI=1S/C13H14N4O/c1-9-4-5-10(7-16-9)8-17-13(18)11-3-2-6-15-12(11)14/h2-7H,8H2,1H3,(H2,14,15)(H,17,18). The summed E-state index contributed by atoms with van der Waals surface area (Å²) in [6, 6.07) is 7.15. The smallest absolute Gasteiger partial charge is 0.255 e. The lowest BCUT2D eigenvalue weighted by molar-refractivity contribution is 0.0951. The number of carbonyl (C=O) groups excluding carboxylic acids is 1. The van der Waals surface area contributed by atoms with Crippen LogP contribution in [0.25, 0.3) is 0 Å². The zero-order valence-electron chi connectivity index (χ0n) is 10.1. The molecule has 2 aromatic heterocycles. The van der Waals surface area contributed by atoms with E-state index in [4.69, 9.17) is 5.73 Å². The molecule has 0 aromatic carbocycles. The highest BCUT2D eigenvalue weighted by molar-refractivity contribution is 5.98. The molecule has 5 nitrogen and oxygen atoms in total. The second-order valence-corrected chi connectivity index (χ2v) is 3.93. The number of carbonyl (C=O) groups is 1. The van der Waals surface area contributed by atoms with Crippen LogP contribution in [0.1, 0.15) is 21.6 Å². The molecule has 2 heterocycles. The van der Waals surface area contributed by atoms with Crippen molar-refractivity contribution in [3.05, 3.63) is 53.5 Å². The minimum absolute atomic E-state index is 0.233. The fourth-order valence-corrected chi connectivity index (χ4v) is 1.49. The maximum atomic E-state index is 11.9. The van der Waals surface area contributed by atoms with Crippen molar-refractivity contribution in [2.75, 3.05) is 5.73 Å². The lowest BCUT2D eigenvalue weighted by Crippen LogP contribution is -2.24. The first kappa shape index (κ1) is 12.0. The van der Waals surface area contributed by atoms with E-state index in [0.717, 1.165) is 11.3 Å². The Labute approximate surface area is 105 Å². The largest absolute Gasteiger partial charge is 0.383 e. The quantitative estimate of drug-likeness (QED) is 0.850. The third kappa shape index (κ3) is 2.82. The van der Waals surface area contributed by atoms with Crippen molar-refractivity contribution in [1.82, 2.24) is 15.3 Å². The topological polar surface area (TPSA) is 80.9 Å². The van der Waals surface area contributed by atoms with Gasteiger partial charge in [-0.05, 0) is 30.7 Å². The van der Waals surface area contributed by atoms with Gasteiger partial charge in [0, 0.05) is 24.6 Å². The average molecular weight is 242 g/mol. The fourth-order valence-electron chi connectivity index (χ4n) is 1.49. The number of pyridine rings is 2. The van der Waals surface area contributed by atoms with Gasteiger partial charge < -0.3 is 11.1 Å². The van der Waals surface area contributed by atoms with Crippen molar-refractivity contribution < 1.29 is 4.79 Å². The molecule has 2 rings (SSSR count). The number of hydrogen-bond acceptors (Lipinski definition) is 4. The summed E-state index contributed by atoms with van der Waals surface area (Å²) in [5.41, 5.74) is 7.90. The molecule has 5 heteroatoms. The van der Waals surface area contributed by atoms with E-state index in [0.29, 0.717) is 12.1 Å². The maximum Gasteiger partial charge on any atom is 0.255 e. The number of nitrogens with zero attached hydrogens (tertiary/aromatic N) is 2. The number of hydrogen-bond donors (Lipinski definition) is 2. The van der Waals surface area contributed by atoms with Crippen molar-refractivity contribution in [2.24, 2.45) is 0 Å². The van der Waals surface area contributed by atoms with Crippen LogP contribution >= 0.6 is 0 Å². The van der Waals surface area contributed by atoms with Crippen LogP contribution in [0.15, 0.2) is 36.7 Å². The van der Waals surface area contributed by atoms with Crippen LogP contribution in [-0.4, -0.2) is 15.9 Å². The van der Waals surface area contributed by atoms with Gasteiger partial charge in [0.25, 0.3) is 5.91 Å². The van der Waals surface area contributed by atoms with Gasteiger partial charge in [0.05, 0.1) is 5.56 Å². The average Bonchev–Trinajstić information content (AvgIpc) is 2.38. The van der Waals surface area contributed by atoms with Crippen LogP contribution in [0.3, 0.4) is 0 Å². The lowest BCUT2D eigenvalue weighted by Gasteiger charge is -2.06. The molecule has 2 aromatic rings. The van der Waals surface area contributed by atoms with Gasteiger partial charge in [0.1, 0.15) is 5.82 Å². The molecule has 0 unspecified atom stereocenters. The van der Waals surface area contributed by atoms with Crippen molar-refractivity contribution in [1.29, 1.82) is 0 Å². The normalized spacial score (nSPS) is 10.1. The zero-order valence-corrected chi connectivity index (χ0v) is 10.1. The van der Waals surface area contributed by atoms with Crippen LogP contribution in [0.5, 0.6) is 0 Å². The van der Waals surface area contributed by atoms with E-state index < -0.39 is 0 Å². The summed E-state index contributed by atoms with van der Waals surface area (Å²) in [6.45, 7) is 2.33. The molecule has 0 bridgehead atoms. The van der Waals surface area contributed by atoms with Crippen molar-refractivity contribution >= 4 is 11.7 Å². The van der Waals surface area contributed by atoms with E-state index in [1.54, 1.807) is 24.5 Å². The lowest BCUT2D eigenvalue weighted by atomic mass is 10.2. The van der Waals surface area contributed by atoms with Gasteiger partial charge in [-0.2, -0.15) is 0 Å². The Morgan fingerprint density at radius 3 is 2.83 bits per heavy atom. The first-order valence-corrected chi connectivity index (χ1v) is 5.57. The van der Waals surface area contributed by atoms with Gasteiger partial charge in [-0.15, -0.1) is 0 Å². The molecule has 0 spiro atoms. The van der Waals surface area contributed by atoms with E-state index in [9.17, 15) is 4.79 Å². The highest BCUT2D eigenvalue weighted by Gasteiger charge is 2.09. The number of anilines is 1. The molecule has 92 valence electrons. The van der Waals surface area contributed by atoms with Crippen molar-refractivity contribution in [2.45, 2.75) is 13.5 Å². The number of aryl methyl sites for hydroxylation is 1. The molecule has 0 aliphatic rings. The monoisotopic (exact) mass is 242 g/mol. The van der Waals surface area contributed by atoms with E-state index in [2.05, 4.69) is 15.3 Å². The number of amides is 1. The van der Waals surface area contributed by atoms with E-state index in [1.165, 1.54) is 0 Å². The van der Waals surface area contributed by atoms with E-state index >= 15 is 0 Å². The summed E-state index contributed by atoms with van der Waals surface area (Å²) in [5, 5.41) is 2.78. The van der Waals surface area contributed by atoms with Crippen LogP contribution in [0.2, 0.25) is 0 Å². The Hall–Kier alpha value is -2.43. The van der Waals surface area contributed by atoms with Crippen LogP contribution in [-0.2, 0) is 6.54 Å². The summed E-state index contributed by atoms with van der Waals surface area (Å²) >= 11 is 0. The third-order valence-electron chi connectivity index (χ3n) is 2.51. The molecule has 0 atom stereocenters. The second kappa shape index (κ2) is 5.27. The third-order valence-corrected chi connectivity index (χ3v) is 2.51. The number of rotatable bonds is 3. The first-order valence-electron chi connectivity index (χ1n) is 5.57. The van der Waals surface area contributed by atoms with Gasteiger partial charge in [-0.25, -0.2) is 4.98 Å². The van der Waals surface area contributed by atoms with Gasteiger partial charge in [-0.3, -0.25) is 9.78 Å². The summed E-state index contributed by atoms with van der Waals surface area (Å²) in [4.78, 5) is 19.9. The Kier molecular flexibility index (Phi) is 3.52. The SMILES string of the molecule is Cc1ccc(CNC(=O)c2cccnc2N)cn1. The number of aromatic nitrogens is 2. The highest BCUT2D eigenvalue weighted by Crippen LogP contribution is 2.07. The van der Waals surface area contributed by atoms with Crippen LogP contribution < -0.4 is 11.1 Å². The van der Waals surface area contributed by atoms with Gasteiger partial charge >= 0.3 is 0 Å². The minimum atomic E-state index is -0.235. The summed E-state index contributed by atoms with van der Waals surface area (Å²) in [7, 11) is 0. The fraction of sp³-hybridized carbons (Fsp3) is 0.154. The van der Waals surface area contributed by atoms with Gasteiger partial charge in [-0.1, -0.05) is 6.07 Å². The number of nitrogens with two attached hydrogens (primary N) is 1. The molecular weight excluding hydrogens is 228 g/mol. The first-order chi connectivity index (χ1) is 8.66. The predicted molar refractivity (Wildman–Crippen MR) is 68.8 cm³/mol. The van der Waals surface area contributed by atoms with E-state index in [-0.39, 0.29) is 11.7 Å². The van der Waals surface area contributed by atoms with Crippen LogP contribution in [0, 0.1) is 6.92 Å². The van der Waals surface area contributed by atoms with Gasteiger partial charge in [0.2, 0.25) is 0 Å². The maximum absolute atomic E-state index is 11.9. The van der Waals surface area contributed by atoms with Crippen LogP contribution in [0.4, 0.5) is 5.82 Å². The zero-order chi connectivity index (χ0) is 13.0. The Morgan fingerprint density at radius 1 is 1.33 bits per heavy atom. The summed E-state index contributed by atoms with van der Waals surface area (Å²) < 4.78 is 0. The molecule has 0 aliphatic heterocycles. The minimum Gasteiger partial charge on any atom is -0.383 e. The molecule has 0 aliphatic carbocycles. The molecule has 3 N–H and O–H groups in total. The molecule has 0 fully saturated rings. The molecule has 0 saturated carbocycles. The van der Waals surface area contributed by atoms with Gasteiger partial charge in [0.15, 0.2) is 0 Å². The molecule has 1 amide bonds. The summed E-state index contributed by atoms with van der Waals surface area (Å²) in [5.74, 6) is -0.00166. The molecular formula is C13H14N4O. The Balaban J connectivity index is 2.01. The highest BCUT2D eigenvalue weighted by atomic mass is 16.1. The summed E-state index contributed by atoms with van der Waals surface area (Å²) in [6.07, 6.45) is 3.29. The number of nitrogens with one attached hydrogen (secondary N) is 1. The molecule has 0 radical (unpaired) electrons. The Morgan fingerprint density at radius 2 is 2.17 bits per heavy atom. The second-order valence-electron chi connectivity index (χ2n) is 3.93. The van der Waals surface area contributed by atoms with E-state index in [1.807, 2.05) is 19.1 Å². The molecule has 0 saturated heterocycles. The Bertz CT molecular complexity index is 551. The number of nitrogen functional groups attached to an aromatic ring is 1. The van der Waals surface area contributed by atoms with Crippen molar-refractivity contribution in [3.8, 4) is 0 Å². The predicted octanol–water partition coefficient (Wildman–Crippen LogP) is 1.30. The van der Waals surface area contributed by atoms with Crippen molar-refractivity contribution in [3.63, 3.8) is 0 Å². The molecule has 18 heavy (non-hydrogen) atoms.